The van der Waals surface area contributed by atoms with Crippen LogP contribution in [0, 0.1) is 5.92 Å². The third-order valence-electron chi connectivity index (χ3n) is 19.5. The first-order chi connectivity index (χ1) is 40.4. The number of carbonyl (C=O) groups excluding carboxylic acids is 3. The Kier molecular flexibility index (Phi) is 14.3. The average molecular weight is 1130 g/mol. The molecule has 83 heavy (non-hydrogen) atoms. The Labute approximate surface area is 487 Å². The van der Waals surface area contributed by atoms with Gasteiger partial charge in [-0.1, -0.05) is 121 Å². The van der Waals surface area contributed by atoms with Crippen molar-refractivity contribution in [1.29, 1.82) is 0 Å². The van der Waals surface area contributed by atoms with Crippen LogP contribution in [0.1, 0.15) is 67.3 Å². The van der Waals surface area contributed by atoms with Gasteiger partial charge in [0.2, 0.25) is 0 Å². The molecule has 6 aliphatic heterocycles. The van der Waals surface area contributed by atoms with Crippen molar-refractivity contribution < 1.29 is 29.0 Å². The molecule has 3 amide bonds. The molecule has 7 heterocycles. The molecule has 0 radical (unpaired) electrons. The number of carbonyl (C=O) groups is 3. The average Bonchev–Trinajstić information content (AvgIpc) is 1.84. The van der Waals surface area contributed by atoms with Gasteiger partial charge < -0.3 is 39.9 Å². The summed E-state index contributed by atoms with van der Waals surface area (Å²) in [6.45, 7) is 11.4. The second-order valence-electron chi connectivity index (χ2n) is 24.1. The van der Waals surface area contributed by atoms with E-state index in [1.54, 1.807) is 7.11 Å². The zero-order chi connectivity index (χ0) is 57.1. The zero-order valence-electron chi connectivity index (χ0n) is 47.9. The van der Waals surface area contributed by atoms with Crippen molar-refractivity contribution in [3.8, 4) is 5.75 Å². The molecule has 5 atom stereocenters. The Bertz CT molecular complexity index is 3490. The number of aromatic nitrogens is 3. The summed E-state index contributed by atoms with van der Waals surface area (Å²) in [7, 11) is -0.906. The number of nitrogens with one attached hydrogen (secondary N) is 2. The van der Waals surface area contributed by atoms with Crippen molar-refractivity contribution in [3.05, 3.63) is 186 Å². The van der Waals surface area contributed by atoms with E-state index in [-0.39, 0.29) is 48.3 Å². The number of para-hydroxylation sites is 2. The van der Waals surface area contributed by atoms with Crippen LogP contribution in [0.15, 0.2) is 164 Å². The first-order valence-electron chi connectivity index (χ1n) is 29.5. The third-order valence-corrected chi connectivity index (χ3v) is 23.9. The topological polar surface area (TPSA) is 161 Å². The van der Waals surface area contributed by atoms with Crippen LogP contribution < -0.4 is 45.1 Å². The number of aliphatic hydroxyl groups excluding tert-OH is 1. The number of aliphatic hydroxyl groups is 1. The highest BCUT2D eigenvalue weighted by Crippen LogP contribution is 2.61. The highest BCUT2D eigenvalue weighted by Gasteiger charge is 2.67. The largest absolute Gasteiger partial charge is 0.497 e. The van der Waals surface area contributed by atoms with Gasteiger partial charge >= 0.3 is 0 Å². The van der Waals surface area contributed by atoms with Crippen molar-refractivity contribution in [2.24, 2.45) is 5.92 Å². The van der Waals surface area contributed by atoms with E-state index < -0.39 is 30.9 Å². The standard InChI is InChI=1S/C66H74N10O6Si/c1-46-60(83(3,4)54-27-25-53(81-2)26-28-54)59(30-39-71-42-57(69-70-71)55(43-77)48-14-8-5-9-15-48)82-66(46)56-40-52(74-45-76(51-18-12-7-13-19-51)65(62(74)79)33-37-68-38-34-65)24-29-58(56)72(63(66)80)41-47-20-22-49(23-21-47)73-44-75(50-16-10-6-11-17-50)64(61(73)78)31-35-67-36-32-64/h5-29,40,42,46,55,59-60,67-68,77H,30-39,41,43-45H2,1-4H3/t46-,55?,59+,60-,66+/m0/s1. The number of amides is 3. The molecular formula is C66H74N10O6Si. The van der Waals surface area contributed by atoms with E-state index in [4.69, 9.17) is 9.47 Å². The van der Waals surface area contributed by atoms with Crippen molar-refractivity contribution >= 4 is 59.4 Å². The van der Waals surface area contributed by atoms with Gasteiger partial charge in [0.05, 0.1) is 65.1 Å². The smallest absolute Gasteiger partial charge is 0.264 e. The summed E-state index contributed by atoms with van der Waals surface area (Å²) >= 11 is 0. The van der Waals surface area contributed by atoms with Crippen molar-refractivity contribution in [3.63, 3.8) is 0 Å². The van der Waals surface area contributed by atoms with E-state index in [1.807, 2.05) is 141 Å². The first-order valence-corrected chi connectivity index (χ1v) is 32.6. The fourth-order valence-corrected chi connectivity index (χ4v) is 19.2. The van der Waals surface area contributed by atoms with Gasteiger partial charge in [-0.3, -0.25) is 28.9 Å². The van der Waals surface area contributed by atoms with Gasteiger partial charge in [0.25, 0.3) is 17.7 Å². The molecule has 6 aliphatic rings. The SMILES string of the molecule is COc1ccc([Si](C)(C)[C@@H]2[C@@H](CCn3cc(C(CO)c4ccccc4)nn3)O[C@]3(C(=O)N(Cc4ccc(N5CN(c6ccccc6)C6(CCNCC6)C5=O)cc4)c4ccc(N5CN(c6ccccc6)C6(CCNCC6)C5=O)cc43)[C@H]2C)cc1. The van der Waals surface area contributed by atoms with Crippen LogP contribution in [-0.2, 0) is 37.8 Å². The third kappa shape index (κ3) is 9.13. The van der Waals surface area contributed by atoms with E-state index in [1.165, 1.54) is 5.19 Å². The Balaban J connectivity index is 0.878. The summed E-state index contributed by atoms with van der Waals surface area (Å²) in [6.07, 6.45) is 4.82. The van der Waals surface area contributed by atoms with Gasteiger partial charge in [-0.05, 0) is 142 Å². The number of fused-ring (bicyclic) bond motifs is 2. The van der Waals surface area contributed by atoms with Crippen molar-refractivity contribution in [1.82, 2.24) is 25.6 Å². The molecule has 3 spiro atoms. The molecule has 13 rings (SSSR count). The fourth-order valence-electron chi connectivity index (χ4n) is 15.1. The molecule has 428 valence electrons. The van der Waals surface area contributed by atoms with Crippen LogP contribution in [-0.4, -0.2) is 116 Å². The summed E-state index contributed by atoms with van der Waals surface area (Å²) in [5.74, 6) is 0.141. The maximum absolute atomic E-state index is 16.4. The predicted octanol–water partition coefficient (Wildman–Crippen LogP) is 8.13. The van der Waals surface area contributed by atoms with E-state index in [9.17, 15) is 9.90 Å². The second-order valence-corrected chi connectivity index (χ2v) is 28.8. The summed E-state index contributed by atoms with van der Waals surface area (Å²) in [5.41, 5.74) is 4.74. The lowest BCUT2D eigenvalue weighted by Gasteiger charge is -2.39. The van der Waals surface area contributed by atoms with Crippen LogP contribution >= 0.6 is 0 Å². The summed E-state index contributed by atoms with van der Waals surface area (Å²) in [6, 6.07) is 53.0. The van der Waals surface area contributed by atoms with Crippen LogP contribution in [0.4, 0.5) is 28.4 Å². The molecule has 6 aromatic carbocycles. The lowest BCUT2D eigenvalue weighted by atomic mass is 9.82. The maximum atomic E-state index is 16.4. The number of nitrogens with zero attached hydrogens (tertiary/aromatic N) is 8. The monoisotopic (exact) mass is 1130 g/mol. The minimum Gasteiger partial charge on any atom is -0.497 e. The van der Waals surface area contributed by atoms with Crippen LogP contribution in [0.3, 0.4) is 0 Å². The molecule has 7 aromatic rings. The van der Waals surface area contributed by atoms with E-state index >= 15 is 9.59 Å². The predicted molar refractivity (Wildman–Crippen MR) is 326 cm³/mol. The number of aryl methyl sites for hydroxylation is 1. The van der Waals surface area contributed by atoms with E-state index in [0.717, 1.165) is 77.1 Å². The van der Waals surface area contributed by atoms with Crippen molar-refractivity contribution in [2.75, 3.05) is 77.7 Å². The van der Waals surface area contributed by atoms with Crippen LogP contribution in [0.5, 0.6) is 5.75 Å². The lowest BCUT2D eigenvalue weighted by molar-refractivity contribution is -0.146. The highest BCUT2D eigenvalue weighted by atomic mass is 28.3. The fraction of sp³-hybridized carbons (Fsp3) is 0.379. The molecule has 5 fully saturated rings. The van der Waals surface area contributed by atoms with Crippen LogP contribution in [0.2, 0.25) is 18.6 Å². The van der Waals surface area contributed by atoms with Gasteiger partial charge in [-0.25, -0.2) is 0 Å². The molecular weight excluding hydrogens is 1060 g/mol. The molecule has 0 bridgehead atoms. The maximum Gasteiger partial charge on any atom is 0.264 e. The number of anilines is 5. The van der Waals surface area contributed by atoms with Gasteiger partial charge in [0, 0.05) is 47.0 Å². The molecule has 0 saturated carbocycles. The Morgan fingerprint density at radius 1 is 0.687 bits per heavy atom. The number of benzene rings is 6. The molecule has 5 saturated heterocycles. The van der Waals surface area contributed by atoms with Gasteiger partial charge in [-0.15, -0.1) is 5.10 Å². The Morgan fingerprint density at radius 2 is 1.24 bits per heavy atom. The van der Waals surface area contributed by atoms with Crippen molar-refractivity contribution in [2.45, 2.75) is 99.5 Å². The molecule has 16 nitrogen and oxygen atoms in total. The van der Waals surface area contributed by atoms with E-state index in [2.05, 4.69) is 93.2 Å². The number of methoxy groups -OCH3 is 1. The Hall–Kier alpha value is -7.67. The number of rotatable bonds is 15. The lowest BCUT2D eigenvalue weighted by Crippen LogP contribution is -2.55. The minimum atomic E-state index is -2.59. The number of hydrogen-bond donors (Lipinski definition) is 3. The summed E-state index contributed by atoms with van der Waals surface area (Å²) in [5, 5.41) is 28.0. The van der Waals surface area contributed by atoms with Gasteiger partial charge in [0.1, 0.15) is 16.8 Å². The Morgan fingerprint density at radius 3 is 1.81 bits per heavy atom. The summed E-state index contributed by atoms with van der Waals surface area (Å²) in [4.78, 5) is 56.7. The van der Waals surface area contributed by atoms with Gasteiger partial charge in [-0.2, -0.15) is 0 Å². The molecule has 3 N–H and O–H groups in total. The number of hydrogen-bond acceptors (Lipinski definition) is 12. The number of piperidine rings is 2. The molecule has 1 unspecified atom stereocenters. The quantitative estimate of drug-likeness (QED) is 0.0848. The second kappa shape index (κ2) is 21.8. The summed E-state index contributed by atoms with van der Waals surface area (Å²) < 4.78 is 15.2. The zero-order valence-corrected chi connectivity index (χ0v) is 48.9. The molecule has 1 aromatic heterocycles. The minimum absolute atomic E-state index is 0.0552. The highest BCUT2D eigenvalue weighted by molar-refractivity contribution is 6.91. The molecule has 17 heteroatoms. The first kappa shape index (κ1) is 54.6. The van der Waals surface area contributed by atoms with Crippen LogP contribution in [0.25, 0.3) is 0 Å². The van der Waals surface area contributed by atoms with E-state index in [0.29, 0.717) is 57.7 Å². The number of ether oxygens (including phenoxy) is 2. The molecule has 0 aliphatic carbocycles. The van der Waals surface area contributed by atoms with Gasteiger partial charge in [0.15, 0.2) is 5.60 Å². The normalized spacial score (nSPS) is 23.3.